The summed E-state index contributed by atoms with van der Waals surface area (Å²) in [5.74, 6) is 1.20. The van der Waals surface area contributed by atoms with E-state index in [9.17, 15) is 4.79 Å². The minimum Gasteiger partial charge on any atom is -0.361 e. The van der Waals surface area contributed by atoms with Crippen molar-refractivity contribution >= 4 is 5.91 Å². The summed E-state index contributed by atoms with van der Waals surface area (Å²) in [6.07, 6.45) is 3.25. The smallest absolute Gasteiger partial charge is 0.223 e. The van der Waals surface area contributed by atoms with E-state index in [0.717, 1.165) is 29.9 Å². The van der Waals surface area contributed by atoms with E-state index in [-0.39, 0.29) is 11.8 Å². The van der Waals surface area contributed by atoms with Gasteiger partial charge in [0.1, 0.15) is 5.76 Å². The van der Waals surface area contributed by atoms with Crippen LogP contribution in [0.3, 0.4) is 0 Å². The second-order valence-electron chi connectivity index (χ2n) is 4.15. The molecule has 0 aromatic carbocycles. The van der Waals surface area contributed by atoms with Gasteiger partial charge in [0.15, 0.2) is 0 Å². The van der Waals surface area contributed by atoms with Crippen LogP contribution in [0.1, 0.15) is 36.3 Å². The maximum absolute atomic E-state index is 11.6. The summed E-state index contributed by atoms with van der Waals surface area (Å²) in [5.41, 5.74) is 1.86. The standard InChI is InChI=1S/C11H16N2O2/c1-7-10(8(2)15-13-7)6-12-11(14)9-4-3-5-9/h9H,3-6H2,1-2H3,(H,12,14). The summed E-state index contributed by atoms with van der Waals surface area (Å²) < 4.78 is 5.03. The van der Waals surface area contributed by atoms with Crippen LogP contribution < -0.4 is 5.32 Å². The van der Waals surface area contributed by atoms with Crippen LogP contribution >= 0.6 is 0 Å². The lowest BCUT2D eigenvalue weighted by Crippen LogP contribution is -2.34. The number of nitrogens with zero attached hydrogens (tertiary/aromatic N) is 1. The maximum Gasteiger partial charge on any atom is 0.223 e. The first-order valence-electron chi connectivity index (χ1n) is 5.38. The number of rotatable bonds is 3. The van der Waals surface area contributed by atoms with Gasteiger partial charge in [-0.2, -0.15) is 0 Å². The molecular formula is C11H16N2O2. The third-order valence-corrected chi connectivity index (χ3v) is 3.10. The molecule has 0 atom stereocenters. The van der Waals surface area contributed by atoms with Crippen molar-refractivity contribution in [2.24, 2.45) is 5.92 Å². The average molecular weight is 208 g/mol. The van der Waals surface area contributed by atoms with Crippen molar-refractivity contribution in [3.05, 3.63) is 17.0 Å². The van der Waals surface area contributed by atoms with Gasteiger partial charge in [0, 0.05) is 18.0 Å². The molecule has 1 amide bonds. The second-order valence-corrected chi connectivity index (χ2v) is 4.15. The molecule has 0 unspecified atom stereocenters. The van der Waals surface area contributed by atoms with Gasteiger partial charge < -0.3 is 9.84 Å². The number of carbonyl (C=O) groups excluding carboxylic acids is 1. The molecule has 4 heteroatoms. The summed E-state index contributed by atoms with van der Waals surface area (Å²) >= 11 is 0. The fourth-order valence-corrected chi connectivity index (χ4v) is 1.74. The quantitative estimate of drug-likeness (QED) is 0.822. The SMILES string of the molecule is Cc1noc(C)c1CNC(=O)C1CCC1. The highest BCUT2D eigenvalue weighted by atomic mass is 16.5. The molecule has 0 bridgehead atoms. The molecule has 4 nitrogen and oxygen atoms in total. The zero-order valence-corrected chi connectivity index (χ0v) is 9.17. The van der Waals surface area contributed by atoms with Gasteiger partial charge >= 0.3 is 0 Å². The van der Waals surface area contributed by atoms with Crippen molar-refractivity contribution in [1.29, 1.82) is 0 Å². The molecule has 1 aliphatic rings. The molecule has 0 aliphatic heterocycles. The molecular weight excluding hydrogens is 192 g/mol. The van der Waals surface area contributed by atoms with Crippen molar-refractivity contribution in [3.8, 4) is 0 Å². The number of amides is 1. The molecule has 2 rings (SSSR count). The van der Waals surface area contributed by atoms with E-state index in [1.54, 1.807) is 0 Å². The first-order valence-corrected chi connectivity index (χ1v) is 5.38. The molecule has 1 N–H and O–H groups in total. The third-order valence-electron chi connectivity index (χ3n) is 3.10. The number of aromatic nitrogens is 1. The Morgan fingerprint density at radius 1 is 1.53 bits per heavy atom. The Kier molecular flexibility index (Phi) is 2.75. The molecule has 0 spiro atoms. The van der Waals surface area contributed by atoms with Crippen LogP contribution in [-0.4, -0.2) is 11.1 Å². The van der Waals surface area contributed by atoms with Crippen molar-refractivity contribution in [2.45, 2.75) is 39.7 Å². The van der Waals surface area contributed by atoms with Gasteiger partial charge in [-0.15, -0.1) is 0 Å². The summed E-state index contributed by atoms with van der Waals surface area (Å²) in [7, 11) is 0. The van der Waals surface area contributed by atoms with E-state index in [0.29, 0.717) is 6.54 Å². The number of aryl methyl sites for hydroxylation is 2. The van der Waals surface area contributed by atoms with Crippen LogP contribution in [0.25, 0.3) is 0 Å². The van der Waals surface area contributed by atoms with Crippen molar-refractivity contribution in [1.82, 2.24) is 10.5 Å². The van der Waals surface area contributed by atoms with E-state index in [1.807, 2.05) is 13.8 Å². The van der Waals surface area contributed by atoms with Crippen molar-refractivity contribution in [2.75, 3.05) is 0 Å². The van der Waals surface area contributed by atoms with Crippen LogP contribution in [0.5, 0.6) is 0 Å². The third kappa shape index (κ3) is 2.03. The lowest BCUT2D eigenvalue weighted by molar-refractivity contribution is -0.127. The van der Waals surface area contributed by atoms with Crippen LogP contribution in [0.2, 0.25) is 0 Å². The molecule has 82 valence electrons. The van der Waals surface area contributed by atoms with Crippen LogP contribution in [0.4, 0.5) is 0 Å². The highest BCUT2D eigenvalue weighted by Crippen LogP contribution is 2.26. The molecule has 1 fully saturated rings. The summed E-state index contributed by atoms with van der Waals surface area (Å²) in [6.45, 7) is 4.29. The van der Waals surface area contributed by atoms with Crippen molar-refractivity contribution < 1.29 is 9.32 Å². The Bertz CT molecular complexity index is 347. The zero-order valence-electron chi connectivity index (χ0n) is 9.17. The Morgan fingerprint density at radius 2 is 2.27 bits per heavy atom. The fraction of sp³-hybridized carbons (Fsp3) is 0.636. The average Bonchev–Trinajstić information content (AvgIpc) is 2.41. The van der Waals surface area contributed by atoms with E-state index >= 15 is 0 Å². The predicted molar refractivity (Wildman–Crippen MR) is 55.2 cm³/mol. The Labute approximate surface area is 89.0 Å². The second kappa shape index (κ2) is 4.04. The molecule has 0 radical (unpaired) electrons. The van der Waals surface area contributed by atoms with Gasteiger partial charge in [0.25, 0.3) is 0 Å². The van der Waals surface area contributed by atoms with Gasteiger partial charge in [0.05, 0.1) is 5.69 Å². The summed E-state index contributed by atoms with van der Waals surface area (Å²) in [5, 5.41) is 6.78. The molecule has 1 aromatic rings. The van der Waals surface area contributed by atoms with Crippen molar-refractivity contribution in [3.63, 3.8) is 0 Å². The van der Waals surface area contributed by atoms with Crippen LogP contribution in [0.15, 0.2) is 4.52 Å². The molecule has 1 aromatic heterocycles. The number of carbonyl (C=O) groups is 1. The highest BCUT2D eigenvalue weighted by Gasteiger charge is 2.25. The van der Waals surface area contributed by atoms with E-state index in [2.05, 4.69) is 10.5 Å². The summed E-state index contributed by atoms with van der Waals surface area (Å²) in [4.78, 5) is 11.6. The minimum absolute atomic E-state index is 0.168. The number of hydrogen-bond donors (Lipinski definition) is 1. The van der Waals surface area contributed by atoms with Gasteiger partial charge in [-0.05, 0) is 26.7 Å². The lowest BCUT2D eigenvalue weighted by Gasteiger charge is -2.23. The topological polar surface area (TPSA) is 55.1 Å². The Hall–Kier alpha value is -1.32. The van der Waals surface area contributed by atoms with Gasteiger partial charge in [-0.1, -0.05) is 11.6 Å². The molecule has 1 saturated carbocycles. The van der Waals surface area contributed by atoms with Crippen LogP contribution in [-0.2, 0) is 11.3 Å². The van der Waals surface area contributed by atoms with Crippen LogP contribution in [0, 0.1) is 19.8 Å². The van der Waals surface area contributed by atoms with Gasteiger partial charge in [-0.3, -0.25) is 4.79 Å². The zero-order chi connectivity index (χ0) is 10.8. The van der Waals surface area contributed by atoms with E-state index < -0.39 is 0 Å². The largest absolute Gasteiger partial charge is 0.361 e. The Balaban J connectivity index is 1.89. The van der Waals surface area contributed by atoms with E-state index in [4.69, 9.17) is 4.52 Å². The Morgan fingerprint density at radius 3 is 2.73 bits per heavy atom. The monoisotopic (exact) mass is 208 g/mol. The normalized spacial score (nSPS) is 16.1. The summed E-state index contributed by atoms with van der Waals surface area (Å²) in [6, 6.07) is 0. The van der Waals surface area contributed by atoms with E-state index in [1.165, 1.54) is 6.42 Å². The van der Waals surface area contributed by atoms with Gasteiger partial charge in [0.2, 0.25) is 5.91 Å². The fourth-order valence-electron chi connectivity index (χ4n) is 1.74. The predicted octanol–water partition coefficient (Wildman–Crippen LogP) is 1.71. The first kappa shape index (κ1) is 10.2. The maximum atomic E-state index is 11.6. The molecule has 1 aliphatic carbocycles. The number of nitrogens with one attached hydrogen (secondary N) is 1. The first-order chi connectivity index (χ1) is 7.18. The molecule has 1 heterocycles. The minimum atomic E-state index is 0.168. The lowest BCUT2D eigenvalue weighted by atomic mass is 9.85. The molecule has 0 saturated heterocycles. The highest BCUT2D eigenvalue weighted by molar-refractivity contribution is 5.79. The van der Waals surface area contributed by atoms with Gasteiger partial charge in [-0.25, -0.2) is 0 Å². The number of hydrogen-bond acceptors (Lipinski definition) is 3. The molecule has 15 heavy (non-hydrogen) atoms.